The van der Waals surface area contributed by atoms with E-state index in [9.17, 15) is 0 Å². The molecular weight excluding hydrogens is 239 g/mol. The third kappa shape index (κ3) is 2.56. The highest BCUT2D eigenvalue weighted by Gasteiger charge is 2.52. The summed E-state index contributed by atoms with van der Waals surface area (Å²) in [5, 5.41) is 0. The molecule has 1 aromatic rings. The molecule has 102 valence electrons. The summed E-state index contributed by atoms with van der Waals surface area (Å²) >= 11 is 0. The molecule has 1 aliphatic rings. The summed E-state index contributed by atoms with van der Waals surface area (Å²) in [7, 11) is 1.23. The van der Waals surface area contributed by atoms with Crippen LogP contribution in [0.15, 0.2) is 30.8 Å². The van der Waals surface area contributed by atoms with Crippen molar-refractivity contribution in [2.24, 2.45) is 0 Å². The maximum Gasteiger partial charge on any atom is 0.494 e. The minimum Gasteiger partial charge on any atom is -0.497 e. The molecule has 0 aromatic heterocycles. The average molecular weight is 260 g/mol. The van der Waals surface area contributed by atoms with Crippen molar-refractivity contribution in [3.05, 3.63) is 36.4 Å². The van der Waals surface area contributed by atoms with E-state index in [1.165, 1.54) is 0 Å². The van der Waals surface area contributed by atoms with Gasteiger partial charge in [-0.25, -0.2) is 0 Å². The zero-order chi connectivity index (χ0) is 14.3. The Kier molecular flexibility index (Phi) is 3.50. The lowest BCUT2D eigenvalue weighted by Gasteiger charge is -2.32. The van der Waals surface area contributed by atoms with Gasteiger partial charge in [0.25, 0.3) is 0 Å². The van der Waals surface area contributed by atoms with Gasteiger partial charge in [-0.05, 0) is 50.9 Å². The molecule has 4 heteroatoms. The number of ether oxygens (including phenoxy) is 1. The van der Waals surface area contributed by atoms with Gasteiger partial charge in [0.2, 0.25) is 0 Å². The topological polar surface area (TPSA) is 27.7 Å². The first-order chi connectivity index (χ1) is 8.77. The normalized spacial score (nSPS) is 20.4. The molecule has 1 heterocycles. The average Bonchev–Trinajstić information content (AvgIpc) is 2.57. The first-order valence-electron chi connectivity index (χ1n) is 6.46. The quantitative estimate of drug-likeness (QED) is 0.780. The molecule has 1 aromatic carbocycles. The molecule has 0 atom stereocenters. The van der Waals surface area contributed by atoms with Crippen LogP contribution in [0, 0.1) is 0 Å². The second kappa shape index (κ2) is 4.69. The molecule has 2 rings (SSSR count). The summed E-state index contributed by atoms with van der Waals surface area (Å²) in [6, 6.07) is 7.76. The third-order valence-electron chi connectivity index (χ3n) is 3.98. The van der Waals surface area contributed by atoms with Crippen LogP contribution in [0.5, 0.6) is 5.75 Å². The van der Waals surface area contributed by atoms with Crippen LogP contribution >= 0.6 is 0 Å². The molecule has 0 radical (unpaired) electrons. The lowest BCUT2D eigenvalue weighted by atomic mass is 9.75. The van der Waals surface area contributed by atoms with Gasteiger partial charge in [-0.1, -0.05) is 18.7 Å². The standard InChI is InChI=1S/C15H21BO3/c1-11(12-8-7-9-13(10-12)17-6)16-18-14(2,3)15(4,5)19-16/h7-10H,1H2,2-6H3. The van der Waals surface area contributed by atoms with Gasteiger partial charge in [-0.3, -0.25) is 0 Å². The van der Waals surface area contributed by atoms with Gasteiger partial charge in [0.1, 0.15) is 5.75 Å². The Balaban J connectivity index is 2.22. The van der Waals surface area contributed by atoms with Crippen molar-refractivity contribution in [2.45, 2.75) is 38.9 Å². The summed E-state index contributed by atoms with van der Waals surface area (Å²) in [5.41, 5.74) is 1.09. The molecule has 0 N–H and O–H groups in total. The van der Waals surface area contributed by atoms with Crippen molar-refractivity contribution in [1.82, 2.24) is 0 Å². The SMILES string of the molecule is C=C(B1OC(C)(C)C(C)(C)O1)c1cccc(OC)c1. The number of hydrogen-bond donors (Lipinski definition) is 0. The van der Waals surface area contributed by atoms with Crippen LogP contribution in [0.1, 0.15) is 33.3 Å². The van der Waals surface area contributed by atoms with E-state index in [-0.39, 0.29) is 11.2 Å². The molecule has 0 bridgehead atoms. The predicted octanol–water partition coefficient (Wildman–Crippen LogP) is 3.34. The molecule has 1 saturated heterocycles. The van der Waals surface area contributed by atoms with Crippen LogP contribution in [0.4, 0.5) is 0 Å². The maximum absolute atomic E-state index is 5.99. The van der Waals surface area contributed by atoms with E-state index in [2.05, 4.69) is 6.58 Å². The maximum atomic E-state index is 5.99. The van der Waals surface area contributed by atoms with E-state index in [1.807, 2.05) is 52.0 Å². The highest BCUT2D eigenvalue weighted by Crippen LogP contribution is 2.40. The van der Waals surface area contributed by atoms with Crippen molar-refractivity contribution in [2.75, 3.05) is 7.11 Å². The van der Waals surface area contributed by atoms with E-state index in [1.54, 1.807) is 7.11 Å². The van der Waals surface area contributed by atoms with Crippen LogP contribution in [0.25, 0.3) is 5.47 Å². The summed E-state index contributed by atoms with van der Waals surface area (Å²) < 4.78 is 17.2. The lowest BCUT2D eigenvalue weighted by Crippen LogP contribution is -2.41. The summed E-state index contributed by atoms with van der Waals surface area (Å²) in [6.07, 6.45) is 0. The van der Waals surface area contributed by atoms with Gasteiger partial charge in [0.15, 0.2) is 0 Å². The Labute approximate surface area is 115 Å². The number of rotatable bonds is 3. The highest BCUT2D eigenvalue weighted by atomic mass is 16.7. The van der Waals surface area contributed by atoms with Gasteiger partial charge in [-0.2, -0.15) is 0 Å². The Bertz CT molecular complexity index is 478. The zero-order valence-electron chi connectivity index (χ0n) is 12.3. The monoisotopic (exact) mass is 260 g/mol. The van der Waals surface area contributed by atoms with Gasteiger partial charge < -0.3 is 14.0 Å². The van der Waals surface area contributed by atoms with Crippen LogP contribution in [-0.4, -0.2) is 25.4 Å². The highest BCUT2D eigenvalue weighted by molar-refractivity contribution is 6.68. The minimum absolute atomic E-state index is 0.348. The molecular formula is C15H21BO3. The fourth-order valence-corrected chi connectivity index (χ4v) is 1.94. The molecule has 0 amide bonds. The van der Waals surface area contributed by atoms with Crippen molar-refractivity contribution in [3.8, 4) is 5.75 Å². The van der Waals surface area contributed by atoms with E-state index < -0.39 is 7.12 Å². The van der Waals surface area contributed by atoms with E-state index in [0.29, 0.717) is 0 Å². The Morgan fingerprint density at radius 1 is 1.16 bits per heavy atom. The van der Waals surface area contributed by atoms with E-state index in [0.717, 1.165) is 16.8 Å². The fourth-order valence-electron chi connectivity index (χ4n) is 1.94. The molecule has 1 aliphatic heterocycles. The van der Waals surface area contributed by atoms with E-state index >= 15 is 0 Å². The first kappa shape index (κ1) is 14.2. The lowest BCUT2D eigenvalue weighted by molar-refractivity contribution is 0.00578. The van der Waals surface area contributed by atoms with Crippen LogP contribution < -0.4 is 4.74 Å². The predicted molar refractivity (Wildman–Crippen MR) is 78.1 cm³/mol. The van der Waals surface area contributed by atoms with Crippen molar-refractivity contribution in [1.29, 1.82) is 0 Å². The summed E-state index contributed by atoms with van der Waals surface area (Å²) in [5.74, 6) is 0.801. The number of hydrogen-bond acceptors (Lipinski definition) is 3. The summed E-state index contributed by atoms with van der Waals surface area (Å²) in [4.78, 5) is 0. The van der Waals surface area contributed by atoms with Gasteiger partial charge in [0.05, 0.1) is 18.3 Å². The molecule has 19 heavy (non-hydrogen) atoms. The Morgan fingerprint density at radius 3 is 2.26 bits per heavy atom. The molecule has 1 fully saturated rings. The molecule has 0 aliphatic carbocycles. The largest absolute Gasteiger partial charge is 0.497 e. The Hall–Kier alpha value is -1.26. The minimum atomic E-state index is -0.419. The number of methoxy groups -OCH3 is 1. The van der Waals surface area contributed by atoms with Crippen molar-refractivity contribution >= 4 is 12.6 Å². The molecule has 3 nitrogen and oxygen atoms in total. The fraction of sp³-hybridized carbons (Fsp3) is 0.467. The summed E-state index contributed by atoms with van der Waals surface area (Å²) in [6.45, 7) is 12.2. The van der Waals surface area contributed by atoms with Crippen LogP contribution in [0.3, 0.4) is 0 Å². The molecule has 0 spiro atoms. The molecule has 0 unspecified atom stereocenters. The zero-order valence-corrected chi connectivity index (χ0v) is 12.3. The van der Waals surface area contributed by atoms with Gasteiger partial charge in [-0.15, -0.1) is 0 Å². The van der Waals surface area contributed by atoms with Crippen LogP contribution in [-0.2, 0) is 9.31 Å². The number of benzene rings is 1. The smallest absolute Gasteiger partial charge is 0.494 e. The third-order valence-corrected chi connectivity index (χ3v) is 3.98. The van der Waals surface area contributed by atoms with Gasteiger partial charge in [0, 0.05) is 0 Å². The molecule has 0 saturated carbocycles. The van der Waals surface area contributed by atoms with Crippen LogP contribution in [0.2, 0.25) is 0 Å². The van der Waals surface area contributed by atoms with E-state index in [4.69, 9.17) is 14.0 Å². The first-order valence-corrected chi connectivity index (χ1v) is 6.46. The second-order valence-corrected chi connectivity index (χ2v) is 5.85. The second-order valence-electron chi connectivity index (χ2n) is 5.85. The van der Waals surface area contributed by atoms with Gasteiger partial charge >= 0.3 is 7.12 Å². The Morgan fingerprint density at radius 2 is 1.74 bits per heavy atom. The van der Waals surface area contributed by atoms with Crippen molar-refractivity contribution < 1.29 is 14.0 Å². The van der Waals surface area contributed by atoms with Crippen molar-refractivity contribution in [3.63, 3.8) is 0 Å².